The molecule has 1 aromatic heterocycles. The van der Waals surface area contributed by atoms with Crippen LogP contribution in [-0.4, -0.2) is 21.4 Å². The maximum Gasteiger partial charge on any atom is 0.354 e. The summed E-state index contributed by atoms with van der Waals surface area (Å²) >= 11 is 0. The van der Waals surface area contributed by atoms with E-state index < -0.39 is 4.92 Å². The van der Waals surface area contributed by atoms with Gasteiger partial charge >= 0.3 is 5.69 Å². The second-order valence-electron chi connectivity index (χ2n) is 6.66. The van der Waals surface area contributed by atoms with Crippen LogP contribution in [0.5, 0.6) is 0 Å². The van der Waals surface area contributed by atoms with E-state index in [0.29, 0.717) is 6.54 Å². The highest BCUT2D eigenvalue weighted by atomic mass is 16.6. The normalized spacial score (nSPS) is 10.6. The van der Waals surface area contributed by atoms with Crippen molar-refractivity contribution in [2.75, 3.05) is 16.8 Å². The Morgan fingerprint density at radius 1 is 1.03 bits per heavy atom. The van der Waals surface area contributed by atoms with Crippen LogP contribution < -0.4 is 10.2 Å². The van der Waals surface area contributed by atoms with Crippen LogP contribution in [0.3, 0.4) is 0 Å². The Morgan fingerprint density at radius 3 is 2.38 bits per heavy atom. The van der Waals surface area contributed by atoms with Crippen molar-refractivity contribution in [3.8, 4) is 0 Å². The monoisotopic (exact) mass is 391 g/mol. The number of nitro groups is 1. The van der Waals surface area contributed by atoms with Crippen molar-refractivity contribution in [1.82, 2.24) is 9.97 Å². The molecule has 0 saturated heterocycles. The predicted molar refractivity (Wildman–Crippen MR) is 116 cm³/mol. The minimum absolute atomic E-state index is 0.145. The molecular formula is C22H25N5O2. The highest BCUT2D eigenvalue weighted by molar-refractivity contribution is 5.78. The van der Waals surface area contributed by atoms with E-state index in [1.54, 1.807) is 4.90 Å². The fraction of sp³-hybridized carbons (Fsp3) is 0.273. The molecular weight excluding hydrogens is 366 g/mol. The first-order valence-corrected chi connectivity index (χ1v) is 9.82. The lowest BCUT2D eigenvalue weighted by molar-refractivity contribution is -0.383. The first kappa shape index (κ1) is 20.3. The zero-order valence-electron chi connectivity index (χ0n) is 16.7. The lowest BCUT2D eigenvalue weighted by Gasteiger charge is -2.22. The third-order valence-electron chi connectivity index (χ3n) is 4.66. The quantitative estimate of drug-likeness (QED) is 0.376. The van der Waals surface area contributed by atoms with Crippen LogP contribution in [0, 0.1) is 10.1 Å². The van der Waals surface area contributed by atoms with E-state index in [1.165, 1.54) is 11.9 Å². The molecule has 150 valence electrons. The Labute approximate surface area is 170 Å². The first-order chi connectivity index (χ1) is 14.1. The summed E-state index contributed by atoms with van der Waals surface area (Å²) in [6.45, 7) is 4.63. The van der Waals surface area contributed by atoms with Crippen molar-refractivity contribution in [3.63, 3.8) is 0 Å². The number of rotatable bonds is 9. The Balaban J connectivity index is 1.94. The van der Waals surface area contributed by atoms with Gasteiger partial charge in [-0.1, -0.05) is 43.7 Å². The molecule has 0 saturated carbocycles. The van der Waals surface area contributed by atoms with Crippen LogP contribution >= 0.6 is 0 Å². The topological polar surface area (TPSA) is 84.2 Å². The fourth-order valence-corrected chi connectivity index (χ4v) is 3.16. The van der Waals surface area contributed by atoms with Gasteiger partial charge in [-0.3, -0.25) is 10.1 Å². The van der Waals surface area contributed by atoms with Gasteiger partial charge < -0.3 is 10.2 Å². The van der Waals surface area contributed by atoms with Gasteiger partial charge in [-0.15, -0.1) is 0 Å². The highest BCUT2D eigenvalue weighted by Crippen LogP contribution is 2.36. The maximum absolute atomic E-state index is 11.9. The number of unbranched alkanes of at least 4 members (excludes halogenated alkanes) is 1. The van der Waals surface area contributed by atoms with Crippen LogP contribution in [0.1, 0.15) is 32.3 Å². The molecule has 1 heterocycles. The molecule has 0 aliphatic heterocycles. The Hall–Kier alpha value is -3.48. The average Bonchev–Trinajstić information content (AvgIpc) is 2.74. The molecule has 0 spiro atoms. The molecule has 3 rings (SSSR count). The number of aromatic nitrogens is 2. The van der Waals surface area contributed by atoms with Crippen LogP contribution in [0.2, 0.25) is 0 Å². The number of hydrogen-bond acceptors (Lipinski definition) is 6. The Morgan fingerprint density at radius 2 is 1.76 bits per heavy atom. The van der Waals surface area contributed by atoms with Gasteiger partial charge in [0.25, 0.3) is 0 Å². The van der Waals surface area contributed by atoms with Crippen LogP contribution in [-0.2, 0) is 6.42 Å². The largest absolute Gasteiger partial charge is 0.354 e. The summed E-state index contributed by atoms with van der Waals surface area (Å²) in [7, 11) is 0. The summed E-state index contributed by atoms with van der Waals surface area (Å²) in [5.74, 6) is 0.441. The van der Waals surface area contributed by atoms with Gasteiger partial charge in [0.1, 0.15) is 6.33 Å². The lowest BCUT2D eigenvalue weighted by atomic mass is 10.1. The summed E-state index contributed by atoms with van der Waals surface area (Å²) in [5.41, 5.74) is 2.69. The Kier molecular flexibility index (Phi) is 6.73. The number of hydrogen-bond donors (Lipinski definition) is 1. The van der Waals surface area contributed by atoms with Crippen molar-refractivity contribution < 1.29 is 4.92 Å². The van der Waals surface area contributed by atoms with E-state index >= 15 is 0 Å². The molecule has 0 bridgehead atoms. The summed E-state index contributed by atoms with van der Waals surface area (Å²) in [4.78, 5) is 21.7. The lowest BCUT2D eigenvalue weighted by Crippen LogP contribution is -2.19. The Bertz CT molecular complexity index is 945. The summed E-state index contributed by atoms with van der Waals surface area (Å²) in [5, 5.41) is 15.0. The summed E-state index contributed by atoms with van der Waals surface area (Å²) in [6, 6.07) is 17.4. The number of nitrogens with zero attached hydrogens (tertiary/aromatic N) is 4. The van der Waals surface area contributed by atoms with Crippen molar-refractivity contribution in [2.24, 2.45) is 0 Å². The van der Waals surface area contributed by atoms with E-state index in [9.17, 15) is 10.1 Å². The van der Waals surface area contributed by atoms with E-state index in [2.05, 4.69) is 22.2 Å². The standard InChI is InChI=1S/C22H25N5O2/c1-3-5-9-17-12-14-18(15-13-17)25-21-20(27(28)29)22(24-16-23-21)26(4-2)19-10-7-6-8-11-19/h6-8,10-16H,3-5,9H2,1-2H3,(H,23,24,25). The summed E-state index contributed by atoms with van der Waals surface area (Å²) in [6.07, 6.45) is 4.66. The molecule has 0 atom stereocenters. The zero-order valence-corrected chi connectivity index (χ0v) is 16.7. The molecule has 0 radical (unpaired) electrons. The van der Waals surface area contributed by atoms with E-state index in [0.717, 1.165) is 30.6 Å². The molecule has 1 N–H and O–H groups in total. The molecule has 0 unspecified atom stereocenters. The maximum atomic E-state index is 11.9. The van der Waals surface area contributed by atoms with Gasteiger partial charge in [-0.2, -0.15) is 0 Å². The third-order valence-corrected chi connectivity index (χ3v) is 4.66. The number of anilines is 4. The van der Waals surface area contributed by atoms with Gasteiger partial charge in [0.2, 0.25) is 11.6 Å². The zero-order chi connectivity index (χ0) is 20.6. The number of nitrogens with one attached hydrogen (secondary N) is 1. The first-order valence-electron chi connectivity index (χ1n) is 9.82. The smallest absolute Gasteiger partial charge is 0.334 e. The number of aryl methyl sites for hydroxylation is 1. The van der Waals surface area contributed by atoms with Gasteiger partial charge in [0.05, 0.1) is 4.92 Å². The molecule has 0 aliphatic rings. The van der Waals surface area contributed by atoms with Gasteiger partial charge in [0, 0.05) is 17.9 Å². The van der Waals surface area contributed by atoms with E-state index in [4.69, 9.17) is 0 Å². The third kappa shape index (κ3) is 4.87. The number of para-hydroxylation sites is 1. The summed E-state index contributed by atoms with van der Waals surface area (Å²) < 4.78 is 0. The molecule has 0 aliphatic carbocycles. The SMILES string of the molecule is CCCCc1ccc(Nc2ncnc(N(CC)c3ccccc3)c2[N+](=O)[O-])cc1. The molecule has 3 aromatic rings. The van der Waals surface area contributed by atoms with Gasteiger partial charge in [-0.05, 0) is 49.6 Å². The van der Waals surface area contributed by atoms with Crippen molar-refractivity contribution in [1.29, 1.82) is 0 Å². The highest BCUT2D eigenvalue weighted by Gasteiger charge is 2.27. The van der Waals surface area contributed by atoms with E-state index in [1.807, 2.05) is 61.5 Å². The second kappa shape index (κ2) is 9.64. The van der Waals surface area contributed by atoms with Crippen LogP contribution in [0.25, 0.3) is 0 Å². The molecule has 7 heteroatoms. The second-order valence-corrected chi connectivity index (χ2v) is 6.66. The number of benzene rings is 2. The van der Waals surface area contributed by atoms with Crippen molar-refractivity contribution >= 4 is 28.7 Å². The molecule has 0 amide bonds. The fourth-order valence-electron chi connectivity index (χ4n) is 3.16. The average molecular weight is 391 g/mol. The van der Waals surface area contributed by atoms with Gasteiger partial charge in [-0.25, -0.2) is 9.97 Å². The molecule has 7 nitrogen and oxygen atoms in total. The molecule has 2 aromatic carbocycles. The van der Waals surface area contributed by atoms with E-state index in [-0.39, 0.29) is 17.3 Å². The van der Waals surface area contributed by atoms with Crippen LogP contribution in [0.4, 0.5) is 28.7 Å². The minimum Gasteiger partial charge on any atom is -0.334 e. The van der Waals surface area contributed by atoms with Gasteiger partial charge in [0.15, 0.2) is 0 Å². The van der Waals surface area contributed by atoms with Crippen LogP contribution in [0.15, 0.2) is 60.9 Å². The minimum atomic E-state index is -0.432. The van der Waals surface area contributed by atoms with Crippen molar-refractivity contribution in [2.45, 2.75) is 33.1 Å². The molecule has 0 fully saturated rings. The molecule has 29 heavy (non-hydrogen) atoms. The van der Waals surface area contributed by atoms with Crippen molar-refractivity contribution in [3.05, 3.63) is 76.6 Å². The predicted octanol–water partition coefficient (Wildman–Crippen LogP) is 5.63.